The highest BCUT2D eigenvalue weighted by Gasteiger charge is 2.43. The molecule has 1 aromatic carbocycles. The molecule has 9 heteroatoms. The number of aromatic nitrogens is 2. The number of amidine groups is 1. The van der Waals surface area contributed by atoms with E-state index >= 15 is 0 Å². The summed E-state index contributed by atoms with van der Waals surface area (Å²) < 4.78 is 2.01. The van der Waals surface area contributed by atoms with Gasteiger partial charge in [-0.25, -0.2) is 9.98 Å². The number of aliphatic imine (C=N–C) groups is 1. The third-order valence-electron chi connectivity index (χ3n) is 5.86. The first-order chi connectivity index (χ1) is 16.0. The average Bonchev–Trinajstić information content (AvgIpc) is 3.55. The number of amides is 1. The lowest BCUT2D eigenvalue weighted by Gasteiger charge is -2.31. The van der Waals surface area contributed by atoms with E-state index in [1.54, 1.807) is 29.9 Å². The van der Waals surface area contributed by atoms with Crippen LogP contribution in [0.4, 0.5) is 0 Å². The largest absolute Gasteiger partial charge is 0.294 e. The normalized spacial score (nSPS) is 20.0. The minimum atomic E-state index is -0.292. The van der Waals surface area contributed by atoms with Crippen LogP contribution in [0.3, 0.4) is 0 Å². The second kappa shape index (κ2) is 8.96. The van der Waals surface area contributed by atoms with Crippen LogP contribution in [0.2, 0.25) is 0 Å². The molecule has 0 saturated carbocycles. The number of hydrogen-bond acceptors (Lipinski definition) is 7. The summed E-state index contributed by atoms with van der Waals surface area (Å²) in [6.45, 7) is 3.92. The predicted octanol–water partition coefficient (Wildman–Crippen LogP) is 5.02. The Morgan fingerprint density at radius 2 is 2.00 bits per heavy atom. The number of Topliss-reactive ketones (excluding diaryl/α,β-unsaturated/α-hetero) is 1. The van der Waals surface area contributed by atoms with Crippen molar-refractivity contribution in [2.24, 2.45) is 10.9 Å². The van der Waals surface area contributed by atoms with Gasteiger partial charge in [0, 0.05) is 35.6 Å². The summed E-state index contributed by atoms with van der Waals surface area (Å²) in [5.74, 6) is -0.0324. The maximum Gasteiger partial charge on any atom is 0.238 e. The first kappa shape index (κ1) is 22.2. The molecule has 0 spiro atoms. The van der Waals surface area contributed by atoms with Gasteiger partial charge in [-0.2, -0.15) is 0 Å². The van der Waals surface area contributed by atoms with Gasteiger partial charge in [-0.15, -0.1) is 23.1 Å². The summed E-state index contributed by atoms with van der Waals surface area (Å²) in [4.78, 5) is 37.1. The van der Waals surface area contributed by atoms with E-state index < -0.39 is 0 Å². The monoisotopic (exact) mass is 494 g/mol. The highest BCUT2D eigenvalue weighted by Crippen LogP contribution is 2.45. The topological polar surface area (TPSA) is 67.6 Å². The smallest absolute Gasteiger partial charge is 0.238 e. The van der Waals surface area contributed by atoms with Crippen molar-refractivity contribution in [2.75, 3.05) is 12.8 Å². The lowest BCUT2D eigenvalue weighted by molar-refractivity contribution is -0.129. The maximum absolute atomic E-state index is 13.2. The Morgan fingerprint density at radius 1 is 1.21 bits per heavy atom. The van der Waals surface area contributed by atoms with E-state index in [9.17, 15) is 9.59 Å². The number of nitrogens with zero attached hydrogens (tertiary/aromatic N) is 4. The van der Waals surface area contributed by atoms with Crippen LogP contribution in [0.15, 0.2) is 58.4 Å². The Morgan fingerprint density at radius 3 is 2.73 bits per heavy atom. The molecule has 6 nitrogen and oxygen atoms in total. The van der Waals surface area contributed by atoms with Gasteiger partial charge in [-0.1, -0.05) is 42.1 Å². The number of benzene rings is 1. The molecule has 168 valence electrons. The Kier molecular flexibility index (Phi) is 6.03. The second-order valence-electron chi connectivity index (χ2n) is 7.90. The summed E-state index contributed by atoms with van der Waals surface area (Å²) in [7, 11) is 1.74. The van der Waals surface area contributed by atoms with Crippen molar-refractivity contribution in [3.05, 3.63) is 75.9 Å². The van der Waals surface area contributed by atoms with E-state index in [1.165, 1.54) is 23.1 Å². The first-order valence-corrected chi connectivity index (χ1v) is 13.3. The minimum Gasteiger partial charge on any atom is -0.294 e. The van der Waals surface area contributed by atoms with E-state index in [4.69, 9.17) is 4.99 Å². The zero-order valence-corrected chi connectivity index (χ0v) is 20.8. The molecule has 2 aliphatic rings. The Balaban J connectivity index is 1.32. The SMILES string of the molecule is Cc1cc(C(=O)CSC2=NC3SC=C(c4ccccc4)C3C(=O)N2C)c(C)n1-c1nccs1. The molecule has 2 atom stereocenters. The highest BCUT2D eigenvalue weighted by atomic mass is 32.2. The van der Waals surface area contributed by atoms with Gasteiger partial charge in [0.15, 0.2) is 16.1 Å². The van der Waals surface area contributed by atoms with Crippen molar-refractivity contribution in [1.82, 2.24) is 14.5 Å². The third kappa shape index (κ3) is 3.98. The summed E-state index contributed by atoms with van der Waals surface area (Å²) in [6, 6.07) is 11.9. The lowest BCUT2D eigenvalue weighted by atomic mass is 9.92. The second-order valence-corrected chi connectivity index (χ2v) is 10.7. The standard InChI is InChI=1S/C24H22N4O2S3/c1-14-11-17(15(2)28(14)23-25-9-10-31-23)19(29)13-33-24-26-21-20(22(30)27(24)3)18(12-32-21)16-7-5-4-6-8-16/h4-12,20-21H,13H2,1-3H3. The number of rotatable bonds is 5. The molecular weight excluding hydrogens is 472 g/mol. The maximum atomic E-state index is 13.2. The minimum absolute atomic E-state index is 0.0174. The van der Waals surface area contributed by atoms with Gasteiger partial charge in [0.2, 0.25) is 5.91 Å². The van der Waals surface area contributed by atoms with Gasteiger partial charge >= 0.3 is 0 Å². The summed E-state index contributed by atoms with van der Waals surface area (Å²) in [6.07, 6.45) is 1.76. The zero-order chi connectivity index (χ0) is 23.1. The molecule has 5 rings (SSSR count). The fourth-order valence-corrected chi connectivity index (χ4v) is 7.05. The summed E-state index contributed by atoms with van der Waals surface area (Å²) in [5, 5.41) is 5.23. The van der Waals surface area contributed by atoms with E-state index in [2.05, 4.69) is 4.98 Å². The van der Waals surface area contributed by atoms with Crippen LogP contribution in [0, 0.1) is 19.8 Å². The van der Waals surface area contributed by atoms with Crippen molar-refractivity contribution in [3.63, 3.8) is 0 Å². The van der Waals surface area contributed by atoms with Crippen molar-refractivity contribution in [2.45, 2.75) is 19.2 Å². The van der Waals surface area contributed by atoms with Crippen LogP contribution in [0.1, 0.15) is 27.3 Å². The molecular formula is C24H22N4O2S3. The third-order valence-corrected chi connectivity index (χ3v) is 8.70. The average molecular weight is 495 g/mol. The fourth-order valence-electron chi connectivity index (χ4n) is 4.19. The van der Waals surface area contributed by atoms with Gasteiger partial charge < -0.3 is 0 Å². The van der Waals surface area contributed by atoms with Crippen LogP contribution in [0.5, 0.6) is 0 Å². The number of aryl methyl sites for hydroxylation is 1. The molecule has 2 aromatic heterocycles. The van der Waals surface area contributed by atoms with Crippen molar-refractivity contribution in [1.29, 1.82) is 0 Å². The summed E-state index contributed by atoms with van der Waals surface area (Å²) >= 11 is 4.44. The van der Waals surface area contributed by atoms with Crippen molar-refractivity contribution in [3.8, 4) is 5.13 Å². The Hall–Kier alpha value is -2.62. The van der Waals surface area contributed by atoms with Gasteiger partial charge in [-0.3, -0.25) is 19.1 Å². The van der Waals surface area contributed by atoms with Crippen LogP contribution in [-0.4, -0.2) is 49.5 Å². The van der Waals surface area contributed by atoms with E-state index in [1.807, 2.05) is 65.6 Å². The number of hydrogen-bond donors (Lipinski definition) is 0. The molecule has 0 bridgehead atoms. The molecule has 33 heavy (non-hydrogen) atoms. The molecule has 0 fully saturated rings. The molecule has 1 amide bonds. The highest BCUT2D eigenvalue weighted by molar-refractivity contribution is 8.14. The van der Waals surface area contributed by atoms with E-state index in [-0.39, 0.29) is 28.7 Å². The number of thioether (sulfide) groups is 2. The summed E-state index contributed by atoms with van der Waals surface area (Å²) in [5.41, 5.74) is 4.60. The first-order valence-electron chi connectivity index (χ1n) is 10.5. The fraction of sp³-hybridized carbons (Fsp3) is 0.250. The number of thiazole rings is 1. The van der Waals surface area contributed by atoms with Crippen LogP contribution >= 0.6 is 34.9 Å². The molecule has 2 aliphatic heterocycles. The number of carbonyl (C=O) groups excluding carboxylic acids is 2. The van der Waals surface area contributed by atoms with Gasteiger partial charge in [0.1, 0.15) is 5.37 Å². The zero-order valence-electron chi connectivity index (χ0n) is 18.4. The van der Waals surface area contributed by atoms with Crippen molar-refractivity contribution < 1.29 is 9.59 Å². The van der Waals surface area contributed by atoms with Gasteiger partial charge in [0.25, 0.3) is 0 Å². The van der Waals surface area contributed by atoms with Crippen LogP contribution in [0.25, 0.3) is 10.7 Å². The van der Waals surface area contributed by atoms with Gasteiger partial charge in [0.05, 0.1) is 11.7 Å². The molecule has 0 aliphatic carbocycles. The van der Waals surface area contributed by atoms with E-state index in [0.29, 0.717) is 10.7 Å². The number of ketones is 1. The molecule has 0 radical (unpaired) electrons. The Labute approximate surface area is 204 Å². The van der Waals surface area contributed by atoms with Crippen LogP contribution < -0.4 is 0 Å². The predicted molar refractivity (Wildman–Crippen MR) is 137 cm³/mol. The number of carbonyl (C=O) groups is 2. The van der Waals surface area contributed by atoms with Gasteiger partial charge in [-0.05, 0) is 36.5 Å². The Bertz CT molecular complexity index is 1280. The van der Waals surface area contributed by atoms with Crippen molar-refractivity contribution >= 4 is 57.3 Å². The number of fused-ring (bicyclic) bond motifs is 1. The molecule has 0 saturated heterocycles. The quantitative estimate of drug-likeness (QED) is 0.466. The van der Waals surface area contributed by atoms with E-state index in [0.717, 1.165) is 27.7 Å². The van der Waals surface area contributed by atoms with Crippen LogP contribution in [-0.2, 0) is 4.79 Å². The molecule has 4 heterocycles. The molecule has 3 aromatic rings. The molecule has 2 unspecified atom stereocenters. The molecule has 0 N–H and O–H groups in total. The lowest BCUT2D eigenvalue weighted by Crippen LogP contribution is -2.44.